The monoisotopic (exact) mass is 251 g/mol. The van der Waals surface area contributed by atoms with Crippen molar-refractivity contribution in [3.63, 3.8) is 0 Å². The van der Waals surface area contributed by atoms with E-state index in [0.717, 1.165) is 37.2 Å². The van der Waals surface area contributed by atoms with E-state index in [1.807, 2.05) is 11.4 Å². The first kappa shape index (κ1) is 12.8. The molecule has 0 aromatic carbocycles. The summed E-state index contributed by atoms with van der Waals surface area (Å²) < 4.78 is 0. The minimum Gasteiger partial charge on any atom is -0.329 e. The molecule has 0 spiro atoms. The molecule has 0 radical (unpaired) electrons. The molecular weight excluding hydrogens is 230 g/mol. The van der Waals surface area contributed by atoms with Crippen molar-refractivity contribution in [2.24, 2.45) is 17.1 Å². The molecule has 2 rings (SSSR count). The summed E-state index contributed by atoms with van der Waals surface area (Å²) >= 11 is 1.65. The molecule has 1 aliphatic carbocycles. The number of Topliss-reactive ketones (excluding diaryl/α,β-unsaturated/α-hetero) is 1. The molecular formula is C14H21NOS. The maximum absolute atomic E-state index is 12.4. The zero-order valence-corrected chi connectivity index (χ0v) is 11.3. The molecule has 0 bridgehead atoms. The lowest BCUT2D eigenvalue weighted by molar-refractivity contribution is -0.129. The van der Waals surface area contributed by atoms with Gasteiger partial charge in [-0.05, 0) is 54.0 Å². The Morgan fingerprint density at radius 1 is 1.53 bits per heavy atom. The van der Waals surface area contributed by atoms with Gasteiger partial charge < -0.3 is 5.73 Å². The third-order valence-corrected chi connectivity index (χ3v) is 4.89. The summed E-state index contributed by atoms with van der Waals surface area (Å²) in [6.07, 6.45) is 4.81. The van der Waals surface area contributed by atoms with Crippen molar-refractivity contribution >= 4 is 17.1 Å². The van der Waals surface area contributed by atoms with Crippen molar-refractivity contribution in [3.8, 4) is 0 Å². The number of ketones is 1. The Morgan fingerprint density at radius 3 is 2.76 bits per heavy atom. The van der Waals surface area contributed by atoms with E-state index < -0.39 is 0 Å². The van der Waals surface area contributed by atoms with Crippen molar-refractivity contribution in [2.45, 2.75) is 39.0 Å². The van der Waals surface area contributed by atoms with Crippen LogP contribution in [0, 0.1) is 11.3 Å². The van der Waals surface area contributed by atoms with Crippen LogP contribution in [-0.2, 0) is 11.2 Å². The second kappa shape index (κ2) is 5.32. The lowest BCUT2D eigenvalue weighted by atomic mass is 9.67. The van der Waals surface area contributed by atoms with Gasteiger partial charge in [0.2, 0.25) is 0 Å². The normalized spacial score (nSPS) is 29.2. The average molecular weight is 251 g/mol. The third-order valence-electron chi connectivity index (χ3n) is 4.16. The van der Waals surface area contributed by atoms with Crippen LogP contribution in [-0.4, -0.2) is 12.3 Å². The molecule has 0 unspecified atom stereocenters. The first-order chi connectivity index (χ1) is 8.16. The van der Waals surface area contributed by atoms with Crippen LogP contribution >= 0.6 is 11.3 Å². The molecule has 2 N–H and O–H groups in total. The quantitative estimate of drug-likeness (QED) is 0.894. The van der Waals surface area contributed by atoms with Gasteiger partial charge >= 0.3 is 0 Å². The number of carbonyl (C=O) groups is 1. The fourth-order valence-corrected chi connectivity index (χ4v) is 3.35. The highest BCUT2D eigenvalue weighted by molar-refractivity contribution is 7.08. The summed E-state index contributed by atoms with van der Waals surface area (Å²) in [7, 11) is 0. The predicted molar refractivity (Wildman–Crippen MR) is 72.1 cm³/mol. The first-order valence-electron chi connectivity index (χ1n) is 6.41. The van der Waals surface area contributed by atoms with Gasteiger partial charge in [-0.1, -0.05) is 6.92 Å². The second-order valence-corrected chi connectivity index (χ2v) is 6.18. The van der Waals surface area contributed by atoms with E-state index in [2.05, 4.69) is 12.3 Å². The zero-order chi connectivity index (χ0) is 12.3. The summed E-state index contributed by atoms with van der Waals surface area (Å²) in [6.45, 7) is 2.78. The number of hydrogen-bond donors (Lipinski definition) is 1. The van der Waals surface area contributed by atoms with E-state index in [4.69, 9.17) is 5.73 Å². The molecule has 94 valence electrons. The molecule has 17 heavy (non-hydrogen) atoms. The molecule has 1 aromatic heterocycles. The van der Waals surface area contributed by atoms with Gasteiger partial charge in [0.15, 0.2) is 0 Å². The lowest BCUT2D eigenvalue weighted by Crippen LogP contribution is -2.42. The number of rotatable bonds is 4. The highest BCUT2D eigenvalue weighted by Gasteiger charge is 2.39. The minimum atomic E-state index is -0.228. The van der Waals surface area contributed by atoms with E-state index in [9.17, 15) is 4.79 Å². The summed E-state index contributed by atoms with van der Waals surface area (Å²) in [5.41, 5.74) is 6.81. The molecule has 0 amide bonds. The van der Waals surface area contributed by atoms with Crippen LogP contribution in [0.15, 0.2) is 16.8 Å². The maximum atomic E-state index is 12.4. The topological polar surface area (TPSA) is 43.1 Å². The van der Waals surface area contributed by atoms with Crippen molar-refractivity contribution in [2.75, 3.05) is 6.54 Å². The molecule has 2 nitrogen and oxygen atoms in total. The molecule has 1 aliphatic rings. The molecule has 0 saturated heterocycles. The Labute approximate surface area is 107 Å². The zero-order valence-electron chi connectivity index (χ0n) is 10.4. The van der Waals surface area contributed by atoms with Gasteiger partial charge in [0.25, 0.3) is 0 Å². The molecule has 1 heterocycles. The van der Waals surface area contributed by atoms with Gasteiger partial charge in [0, 0.05) is 18.4 Å². The minimum absolute atomic E-state index is 0.228. The Kier molecular flexibility index (Phi) is 4.00. The average Bonchev–Trinajstić information content (AvgIpc) is 2.83. The Hall–Kier alpha value is -0.670. The van der Waals surface area contributed by atoms with Gasteiger partial charge in [-0.15, -0.1) is 0 Å². The summed E-state index contributed by atoms with van der Waals surface area (Å²) in [5, 5.41) is 4.09. The fourth-order valence-electron chi connectivity index (χ4n) is 2.68. The van der Waals surface area contributed by atoms with Gasteiger partial charge in [-0.2, -0.15) is 11.3 Å². The van der Waals surface area contributed by atoms with E-state index in [1.165, 1.54) is 0 Å². The van der Waals surface area contributed by atoms with Gasteiger partial charge in [0.1, 0.15) is 5.78 Å². The highest BCUT2D eigenvalue weighted by atomic mass is 32.1. The fraction of sp³-hybridized carbons (Fsp3) is 0.643. The van der Waals surface area contributed by atoms with Gasteiger partial charge in [-0.3, -0.25) is 4.79 Å². The summed E-state index contributed by atoms with van der Waals surface area (Å²) in [4.78, 5) is 12.4. The van der Waals surface area contributed by atoms with Crippen LogP contribution < -0.4 is 5.73 Å². The predicted octanol–water partition coefficient (Wildman–Crippen LogP) is 3.01. The number of nitrogens with two attached hydrogens (primary N) is 1. The largest absolute Gasteiger partial charge is 0.329 e. The van der Waals surface area contributed by atoms with Crippen LogP contribution in [0.1, 0.15) is 38.2 Å². The van der Waals surface area contributed by atoms with E-state index in [1.54, 1.807) is 11.3 Å². The van der Waals surface area contributed by atoms with E-state index >= 15 is 0 Å². The molecule has 0 aliphatic heterocycles. The van der Waals surface area contributed by atoms with E-state index in [-0.39, 0.29) is 5.41 Å². The van der Waals surface area contributed by atoms with Crippen LogP contribution in [0.4, 0.5) is 0 Å². The number of thiophene rings is 1. The van der Waals surface area contributed by atoms with Crippen molar-refractivity contribution in [1.82, 2.24) is 0 Å². The van der Waals surface area contributed by atoms with Crippen molar-refractivity contribution in [3.05, 3.63) is 22.4 Å². The summed E-state index contributed by atoms with van der Waals surface area (Å²) in [6, 6.07) is 2.04. The van der Waals surface area contributed by atoms with Gasteiger partial charge in [0.05, 0.1) is 0 Å². The molecule has 1 saturated carbocycles. The Bertz CT molecular complexity index is 364. The van der Waals surface area contributed by atoms with E-state index in [0.29, 0.717) is 18.7 Å². The standard InChI is InChI=1S/C14H21NOS/c1-11-2-5-14(10-15,6-3-11)13(16)8-12-4-7-17-9-12/h4,7,9,11H,2-3,5-6,8,10,15H2,1H3. The highest BCUT2D eigenvalue weighted by Crippen LogP contribution is 2.39. The smallest absolute Gasteiger partial charge is 0.144 e. The molecule has 3 heteroatoms. The molecule has 1 aromatic rings. The van der Waals surface area contributed by atoms with Crippen molar-refractivity contribution in [1.29, 1.82) is 0 Å². The second-order valence-electron chi connectivity index (χ2n) is 5.40. The number of hydrogen-bond acceptors (Lipinski definition) is 3. The van der Waals surface area contributed by atoms with Gasteiger partial charge in [-0.25, -0.2) is 0 Å². The van der Waals surface area contributed by atoms with Crippen LogP contribution in [0.2, 0.25) is 0 Å². The maximum Gasteiger partial charge on any atom is 0.144 e. The number of carbonyl (C=O) groups excluding carboxylic acids is 1. The first-order valence-corrected chi connectivity index (χ1v) is 7.35. The van der Waals surface area contributed by atoms with Crippen LogP contribution in [0.25, 0.3) is 0 Å². The Morgan fingerprint density at radius 2 is 2.24 bits per heavy atom. The lowest BCUT2D eigenvalue weighted by Gasteiger charge is -2.37. The van der Waals surface area contributed by atoms with Crippen LogP contribution in [0.5, 0.6) is 0 Å². The summed E-state index contributed by atoms with van der Waals surface area (Å²) in [5.74, 6) is 1.11. The molecule has 0 atom stereocenters. The SMILES string of the molecule is CC1CCC(CN)(C(=O)Cc2ccsc2)CC1. The van der Waals surface area contributed by atoms with Crippen LogP contribution in [0.3, 0.4) is 0 Å². The Balaban J connectivity index is 2.05. The van der Waals surface area contributed by atoms with Crippen molar-refractivity contribution < 1.29 is 4.79 Å². The molecule has 1 fully saturated rings. The third kappa shape index (κ3) is 2.78.